The lowest BCUT2D eigenvalue weighted by molar-refractivity contribution is 0.352. The van der Waals surface area contributed by atoms with Gasteiger partial charge in [-0.1, -0.05) is 6.07 Å². The van der Waals surface area contributed by atoms with E-state index in [2.05, 4.69) is 46.8 Å². The van der Waals surface area contributed by atoms with Gasteiger partial charge in [0.2, 0.25) is 5.88 Å². The van der Waals surface area contributed by atoms with E-state index in [0.29, 0.717) is 22.8 Å². The van der Waals surface area contributed by atoms with Crippen LogP contribution < -0.4 is 24.8 Å². The molecule has 0 aliphatic carbocycles. The second-order valence-electron chi connectivity index (χ2n) is 6.56. The molecule has 2 aromatic carbocycles. The number of hydrogen-bond acceptors (Lipinski definition) is 6. The number of halogens is 1. The van der Waals surface area contributed by atoms with Crippen LogP contribution in [0.2, 0.25) is 0 Å². The van der Waals surface area contributed by atoms with Crippen molar-refractivity contribution in [2.45, 2.75) is 19.8 Å². The molecule has 1 unspecified atom stereocenters. The maximum Gasteiger partial charge on any atom is 0.205 e. The molecule has 3 rings (SSSR count). The maximum absolute atomic E-state index is 9.79. The van der Waals surface area contributed by atoms with Gasteiger partial charge >= 0.3 is 0 Å². The van der Waals surface area contributed by atoms with Crippen LogP contribution in [0.4, 0.5) is 5.69 Å². The summed E-state index contributed by atoms with van der Waals surface area (Å²) < 4.78 is 17.5. The molecule has 152 valence electrons. The van der Waals surface area contributed by atoms with Crippen molar-refractivity contribution in [3.63, 3.8) is 0 Å². The summed E-state index contributed by atoms with van der Waals surface area (Å²) in [5.74, 6) is 1.57. The van der Waals surface area contributed by atoms with Crippen molar-refractivity contribution >= 4 is 21.6 Å². The van der Waals surface area contributed by atoms with Crippen molar-refractivity contribution in [1.29, 1.82) is 5.26 Å². The fourth-order valence-electron chi connectivity index (χ4n) is 3.68. The molecule has 0 saturated carbocycles. The van der Waals surface area contributed by atoms with Crippen LogP contribution in [0.15, 0.2) is 46.3 Å². The zero-order chi connectivity index (χ0) is 21.1. The molecular weight excluding hydrogens is 434 g/mol. The fourth-order valence-corrected chi connectivity index (χ4v) is 4.30. The first-order valence-electron chi connectivity index (χ1n) is 9.36. The SMILES string of the molecule is CCN(CC)c1ccc2c(c1)OC(N)=C(C#N)C2c1cc(Br)c(OC)c(OC)c1. The Labute approximate surface area is 179 Å². The molecular formula is C22H24BrN3O3. The number of fused-ring (bicyclic) bond motifs is 1. The van der Waals surface area contributed by atoms with Crippen molar-refractivity contribution in [2.24, 2.45) is 5.73 Å². The van der Waals surface area contributed by atoms with E-state index in [1.807, 2.05) is 24.3 Å². The number of hydrogen-bond donors (Lipinski definition) is 1. The summed E-state index contributed by atoms with van der Waals surface area (Å²) in [6.07, 6.45) is 0. The minimum Gasteiger partial charge on any atom is -0.493 e. The van der Waals surface area contributed by atoms with Gasteiger partial charge in [0.05, 0.1) is 24.6 Å². The Bertz CT molecular complexity index is 994. The summed E-state index contributed by atoms with van der Waals surface area (Å²) in [6.45, 7) is 5.98. The molecule has 0 spiro atoms. The summed E-state index contributed by atoms with van der Waals surface area (Å²) in [7, 11) is 3.16. The fraction of sp³-hybridized carbons (Fsp3) is 0.318. The third kappa shape index (κ3) is 3.73. The van der Waals surface area contributed by atoms with Crippen LogP contribution in [0, 0.1) is 11.3 Å². The average molecular weight is 458 g/mol. The van der Waals surface area contributed by atoms with Crippen LogP contribution in [0.5, 0.6) is 17.2 Å². The maximum atomic E-state index is 9.79. The largest absolute Gasteiger partial charge is 0.493 e. The van der Waals surface area contributed by atoms with Gasteiger partial charge in [-0.2, -0.15) is 5.26 Å². The third-order valence-corrected chi connectivity index (χ3v) is 5.71. The number of benzene rings is 2. The van der Waals surface area contributed by atoms with E-state index in [0.717, 1.165) is 34.4 Å². The van der Waals surface area contributed by atoms with Crippen LogP contribution in [-0.4, -0.2) is 27.3 Å². The molecule has 0 fully saturated rings. The molecule has 2 aromatic rings. The highest BCUT2D eigenvalue weighted by molar-refractivity contribution is 9.10. The van der Waals surface area contributed by atoms with Gasteiger partial charge in [-0.15, -0.1) is 0 Å². The molecule has 0 bridgehead atoms. The van der Waals surface area contributed by atoms with Crippen molar-refractivity contribution < 1.29 is 14.2 Å². The number of methoxy groups -OCH3 is 2. The van der Waals surface area contributed by atoms with Crippen LogP contribution in [0.25, 0.3) is 0 Å². The topological polar surface area (TPSA) is 80.7 Å². The summed E-state index contributed by atoms with van der Waals surface area (Å²) >= 11 is 3.54. The van der Waals surface area contributed by atoms with Crippen LogP contribution in [0.3, 0.4) is 0 Å². The van der Waals surface area contributed by atoms with Gasteiger partial charge in [-0.25, -0.2) is 0 Å². The molecule has 0 radical (unpaired) electrons. The average Bonchev–Trinajstić information content (AvgIpc) is 2.72. The molecule has 0 amide bonds. The van der Waals surface area contributed by atoms with E-state index in [-0.39, 0.29) is 11.8 Å². The van der Waals surface area contributed by atoms with E-state index >= 15 is 0 Å². The third-order valence-electron chi connectivity index (χ3n) is 5.12. The standard InChI is InChI=1S/C22H24BrN3O3/c1-5-26(6-2)14-7-8-15-18(11-14)29-22(25)16(12-24)20(15)13-9-17(23)21(28-4)19(10-13)27-3/h7-11,20H,5-6,25H2,1-4H3. The normalized spacial score (nSPS) is 15.2. The zero-order valence-electron chi connectivity index (χ0n) is 17.0. The number of allylic oxidation sites excluding steroid dienone is 1. The molecule has 7 heteroatoms. The van der Waals surface area contributed by atoms with E-state index in [1.165, 1.54) is 0 Å². The molecule has 6 nitrogen and oxygen atoms in total. The van der Waals surface area contributed by atoms with Gasteiger partial charge in [-0.3, -0.25) is 0 Å². The Morgan fingerprint density at radius 1 is 1.17 bits per heavy atom. The first-order valence-corrected chi connectivity index (χ1v) is 10.2. The van der Waals surface area contributed by atoms with E-state index in [9.17, 15) is 5.26 Å². The quantitative estimate of drug-likeness (QED) is 0.685. The highest BCUT2D eigenvalue weighted by Gasteiger charge is 2.32. The predicted molar refractivity (Wildman–Crippen MR) is 117 cm³/mol. The van der Waals surface area contributed by atoms with Gasteiger partial charge < -0.3 is 24.8 Å². The second-order valence-corrected chi connectivity index (χ2v) is 7.41. The Morgan fingerprint density at radius 2 is 1.90 bits per heavy atom. The number of nitrogens with zero attached hydrogens (tertiary/aromatic N) is 2. The molecule has 1 heterocycles. The Balaban J connectivity index is 2.19. The summed E-state index contributed by atoms with van der Waals surface area (Å²) in [4.78, 5) is 2.23. The number of nitrogens with two attached hydrogens (primary N) is 1. The Morgan fingerprint density at radius 3 is 2.48 bits per heavy atom. The van der Waals surface area contributed by atoms with Crippen LogP contribution in [0.1, 0.15) is 30.9 Å². The van der Waals surface area contributed by atoms with Gasteiger partial charge in [0, 0.05) is 30.4 Å². The van der Waals surface area contributed by atoms with Gasteiger partial charge in [0.1, 0.15) is 17.4 Å². The Kier molecular flexibility index (Phi) is 6.23. The lowest BCUT2D eigenvalue weighted by Gasteiger charge is -2.29. The lowest BCUT2D eigenvalue weighted by Crippen LogP contribution is -2.24. The molecule has 29 heavy (non-hydrogen) atoms. The number of rotatable bonds is 6. The molecule has 1 aliphatic heterocycles. The van der Waals surface area contributed by atoms with Crippen molar-refractivity contribution in [3.05, 3.63) is 57.4 Å². The molecule has 1 aliphatic rings. The Hall–Kier alpha value is -2.85. The second kappa shape index (κ2) is 8.66. The summed E-state index contributed by atoms with van der Waals surface area (Å²) in [5, 5.41) is 9.79. The highest BCUT2D eigenvalue weighted by atomic mass is 79.9. The lowest BCUT2D eigenvalue weighted by atomic mass is 9.83. The predicted octanol–water partition coefficient (Wildman–Crippen LogP) is 4.53. The van der Waals surface area contributed by atoms with Gasteiger partial charge in [-0.05, 0) is 53.5 Å². The first kappa shape index (κ1) is 20.9. The van der Waals surface area contributed by atoms with Crippen molar-refractivity contribution in [1.82, 2.24) is 0 Å². The van der Waals surface area contributed by atoms with Gasteiger partial charge in [0.15, 0.2) is 11.5 Å². The highest BCUT2D eigenvalue weighted by Crippen LogP contribution is 2.46. The number of anilines is 1. The molecule has 2 N–H and O–H groups in total. The summed E-state index contributed by atoms with van der Waals surface area (Å²) in [6, 6.07) is 12.0. The minimum absolute atomic E-state index is 0.118. The zero-order valence-corrected chi connectivity index (χ0v) is 18.5. The summed E-state index contributed by atoms with van der Waals surface area (Å²) in [5.41, 5.74) is 9.30. The molecule has 0 aromatic heterocycles. The number of ether oxygens (including phenoxy) is 3. The van der Waals surface area contributed by atoms with Crippen molar-refractivity contribution in [2.75, 3.05) is 32.2 Å². The number of nitriles is 1. The molecule has 0 saturated heterocycles. The van der Waals surface area contributed by atoms with Gasteiger partial charge in [0.25, 0.3) is 0 Å². The van der Waals surface area contributed by atoms with Crippen LogP contribution >= 0.6 is 15.9 Å². The molecule has 1 atom stereocenters. The monoisotopic (exact) mass is 457 g/mol. The van der Waals surface area contributed by atoms with Crippen molar-refractivity contribution in [3.8, 4) is 23.3 Å². The van der Waals surface area contributed by atoms with Crippen LogP contribution in [-0.2, 0) is 0 Å². The van der Waals surface area contributed by atoms with E-state index in [4.69, 9.17) is 19.9 Å². The van der Waals surface area contributed by atoms with E-state index < -0.39 is 0 Å². The smallest absolute Gasteiger partial charge is 0.205 e. The first-order chi connectivity index (χ1) is 14.0. The minimum atomic E-state index is -0.370. The van der Waals surface area contributed by atoms with E-state index in [1.54, 1.807) is 14.2 Å².